The number of aromatic nitrogens is 2. The van der Waals surface area contributed by atoms with Gasteiger partial charge in [0.05, 0.1) is 26.1 Å². The second-order valence-electron chi connectivity index (χ2n) is 5.91. The Labute approximate surface area is 141 Å². The van der Waals surface area contributed by atoms with Crippen molar-refractivity contribution in [2.75, 3.05) is 13.7 Å². The number of methoxy groups -OCH3 is 1. The lowest BCUT2D eigenvalue weighted by Crippen LogP contribution is -2.24. The maximum Gasteiger partial charge on any atom is 0.141 e. The van der Waals surface area contributed by atoms with Crippen molar-refractivity contribution in [3.05, 3.63) is 47.5 Å². The summed E-state index contributed by atoms with van der Waals surface area (Å²) in [6.07, 6.45) is 9.88. The van der Waals surface area contributed by atoms with Crippen molar-refractivity contribution in [1.29, 1.82) is 0 Å². The van der Waals surface area contributed by atoms with Crippen LogP contribution in [0.2, 0.25) is 5.15 Å². The van der Waals surface area contributed by atoms with E-state index in [1.807, 2.05) is 12.1 Å². The highest BCUT2D eigenvalue weighted by atomic mass is 35.5. The lowest BCUT2D eigenvalue weighted by Gasteiger charge is -2.32. The molecule has 2 aromatic rings. The summed E-state index contributed by atoms with van der Waals surface area (Å²) in [7, 11) is 1.63. The normalized spacial score (nSPS) is 21.0. The minimum atomic E-state index is 0.406. The Morgan fingerprint density at radius 1 is 1.22 bits per heavy atom. The molecule has 1 aliphatic carbocycles. The SMILES string of the molecule is COc1cncc(OCC2CCCCC2c2cccnc2Cl)c1. The molecule has 5 heteroatoms. The van der Waals surface area contributed by atoms with Gasteiger partial charge in [-0.2, -0.15) is 0 Å². The van der Waals surface area contributed by atoms with Gasteiger partial charge in [0.2, 0.25) is 0 Å². The molecular formula is C18H21ClN2O2. The molecule has 1 saturated carbocycles. The second-order valence-corrected chi connectivity index (χ2v) is 6.26. The minimum Gasteiger partial charge on any atom is -0.495 e. The molecule has 2 unspecified atom stereocenters. The molecule has 122 valence electrons. The first-order chi connectivity index (χ1) is 11.3. The van der Waals surface area contributed by atoms with E-state index < -0.39 is 0 Å². The fourth-order valence-electron chi connectivity index (χ4n) is 3.28. The van der Waals surface area contributed by atoms with E-state index in [0.717, 1.165) is 24.2 Å². The Hall–Kier alpha value is -1.81. The van der Waals surface area contributed by atoms with Crippen LogP contribution in [0.3, 0.4) is 0 Å². The van der Waals surface area contributed by atoms with E-state index >= 15 is 0 Å². The van der Waals surface area contributed by atoms with Gasteiger partial charge in [0, 0.05) is 12.3 Å². The number of hydrogen-bond acceptors (Lipinski definition) is 4. The molecule has 1 fully saturated rings. The molecule has 1 aliphatic rings. The number of pyridine rings is 2. The standard InChI is InChI=1S/C18H21ClN2O2/c1-22-14-9-15(11-20-10-14)23-12-13-5-2-3-6-16(13)17-7-4-8-21-18(17)19/h4,7-11,13,16H,2-3,5-6,12H2,1H3. The highest BCUT2D eigenvalue weighted by Gasteiger charge is 2.28. The quantitative estimate of drug-likeness (QED) is 0.757. The van der Waals surface area contributed by atoms with E-state index in [-0.39, 0.29) is 0 Å². The Morgan fingerprint density at radius 2 is 2.04 bits per heavy atom. The van der Waals surface area contributed by atoms with Gasteiger partial charge in [-0.25, -0.2) is 4.98 Å². The molecule has 0 radical (unpaired) electrons. The summed E-state index contributed by atoms with van der Waals surface area (Å²) >= 11 is 6.30. The maximum absolute atomic E-state index is 6.30. The molecule has 0 spiro atoms. The number of halogens is 1. The highest BCUT2D eigenvalue weighted by Crippen LogP contribution is 2.40. The summed E-state index contributed by atoms with van der Waals surface area (Å²) in [6.45, 7) is 0.657. The molecule has 0 bridgehead atoms. The van der Waals surface area contributed by atoms with E-state index in [2.05, 4.69) is 16.0 Å². The predicted molar refractivity (Wildman–Crippen MR) is 90.2 cm³/mol. The van der Waals surface area contributed by atoms with Crippen LogP contribution in [-0.4, -0.2) is 23.7 Å². The zero-order valence-electron chi connectivity index (χ0n) is 13.2. The first-order valence-corrected chi connectivity index (χ1v) is 8.38. The number of ether oxygens (including phenoxy) is 2. The van der Waals surface area contributed by atoms with E-state index in [9.17, 15) is 0 Å². The second kappa shape index (κ2) is 7.64. The van der Waals surface area contributed by atoms with Crippen LogP contribution in [-0.2, 0) is 0 Å². The van der Waals surface area contributed by atoms with Crippen molar-refractivity contribution >= 4 is 11.6 Å². The van der Waals surface area contributed by atoms with Crippen molar-refractivity contribution in [3.8, 4) is 11.5 Å². The molecule has 2 heterocycles. The average Bonchev–Trinajstić information content (AvgIpc) is 2.61. The van der Waals surface area contributed by atoms with Crippen molar-refractivity contribution in [2.24, 2.45) is 5.92 Å². The summed E-state index contributed by atoms with van der Waals surface area (Å²) in [4.78, 5) is 8.36. The van der Waals surface area contributed by atoms with Gasteiger partial charge in [-0.3, -0.25) is 4.98 Å². The van der Waals surface area contributed by atoms with Crippen molar-refractivity contribution in [1.82, 2.24) is 9.97 Å². The van der Waals surface area contributed by atoms with Crippen LogP contribution in [0.15, 0.2) is 36.8 Å². The molecule has 0 saturated heterocycles. The molecule has 2 aromatic heterocycles. The smallest absolute Gasteiger partial charge is 0.141 e. The van der Waals surface area contributed by atoms with E-state index in [0.29, 0.717) is 29.3 Å². The molecule has 23 heavy (non-hydrogen) atoms. The van der Waals surface area contributed by atoms with Crippen LogP contribution in [0.25, 0.3) is 0 Å². The lowest BCUT2D eigenvalue weighted by atomic mass is 9.76. The first kappa shape index (κ1) is 16.1. The predicted octanol–water partition coefficient (Wildman–Crippen LogP) is 4.49. The molecule has 2 atom stereocenters. The molecule has 0 aromatic carbocycles. The summed E-state index contributed by atoms with van der Waals surface area (Å²) in [5.41, 5.74) is 1.14. The van der Waals surface area contributed by atoms with Gasteiger partial charge in [0.15, 0.2) is 0 Å². The number of rotatable bonds is 5. The van der Waals surface area contributed by atoms with Crippen molar-refractivity contribution < 1.29 is 9.47 Å². The van der Waals surface area contributed by atoms with E-state index in [1.165, 1.54) is 12.8 Å². The molecule has 3 rings (SSSR count). The molecule has 4 nitrogen and oxygen atoms in total. The van der Waals surface area contributed by atoms with Crippen LogP contribution in [0.4, 0.5) is 0 Å². The van der Waals surface area contributed by atoms with Crippen LogP contribution in [0, 0.1) is 5.92 Å². The summed E-state index contributed by atoms with van der Waals surface area (Å²) in [5, 5.41) is 0.618. The van der Waals surface area contributed by atoms with Gasteiger partial charge in [0.1, 0.15) is 16.7 Å². The number of hydrogen-bond donors (Lipinski definition) is 0. The van der Waals surface area contributed by atoms with Gasteiger partial charge >= 0.3 is 0 Å². The fourth-order valence-corrected chi connectivity index (χ4v) is 3.54. The third-order valence-corrected chi connectivity index (χ3v) is 4.80. The minimum absolute atomic E-state index is 0.406. The Bertz CT molecular complexity index is 650. The third kappa shape index (κ3) is 3.94. The fraction of sp³-hybridized carbons (Fsp3) is 0.444. The number of nitrogens with zero attached hydrogens (tertiary/aromatic N) is 2. The van der Waals surface area contributed by atoms with Crippen LogP contribution >= 0.6 is 11.6 Å². The zero-order valence-corrected chi connectivity index (χ0v) is 14.0. The van der Waals surface area contributed by atoms with Crippen molar-refractivity contribution in [2.45, 2.75) is 31.6 Å². The molecule has 0 amide bonds. The zero-order chi connectivity index (χ0) is 16.1. The average molecular weight is 333 g/mol. The summed E-state index contributed by atoms with van der Waals surface area (Å²) in [5.74, 6) is 2.30. The monoisotopic (exact) mass is 332 g/mol. The molecule has 0 N–H and O–H groups in total. The third-order valence-electron chi connectivity index (χ3n) is 4.48. The molecule has 0 aliphatic heterocycles. The van der Waals surface area contributed by atoms with Gasteiger partial charge in [-0.1, -0.05) is 30.5 Å². The van der Waals surface area contributed by atoms with Gasteiger partial charge < -0.3 is 9.47 Å². The van der Waals surface area contributed by atoms with Crippen LogP contribution in [0.5, 0.6) is 11.5 Å². The van der Waals surface area contributed by atoms with E-state index in [4.69, 9.17) is 21.1 Å². The van der Waals surface area contributed by atoms with Gasteiger partial charge in [-0.05, 0) is 36.3 Å². The van der Waals surface area contributed by atoms with Crippen molar-refractivity contribution in [3.63, 3.8) is 0 Å². The van der Waals surface area contributed by atoms with Crippen LogP contribution < -0.4 is 9.47 Å². The first-order valence-electron chi connectivity index (χ1n) is 8.00. The molecular weight excluding hydrogens is 312 g/mol. The van der Waals surface area contributed by atoms with E-state index in [1.54, 1.807) is 25.7 Å². The summed E-state index contributed by atoms with van der Waals surface area (Å²) < 4.78 is 11.2. The Balaban J connectivity index is 1.70. The Morgan fingerprint density at radius 3 is 2.87 bits per heavy atom. The van der Waals surface area contributed by atoms with Gasteiger partial charge in [0.25, 0.3) is 0 Å². The largest absolute Gasteiger partial charge is 0.495 e. The highest BCUT2D eigenvalue weighted by molar-refractivity contribution is 6.30. The van der Waals surface area contributed by atoms with Gasteiger partial charge in [-0.15, -0.1) is 0 Å². The lowest BCUT2D eigenvalue weighted by molar-refractivity contribution is 0.185. The summed E-state index contributed by atoms with van der Waals surface area (Å²) in [6, 6.07) is 5.91. The topological polar surface area (TPSA) is 44.2 Å². The Kier molecular flexibility index (Phi) is 5.34. The maximum atomic E-state index is 6.30. The van der Waals surface area contributed by atoms with Crippen LogP contribution in [0.1, 0.15) is 37.2 Å².